The fraction of sp³-hybridized carbons (Fsp3) is 0. The number of rotatable bonds is 3. The Hall–Kier alpha value is -2.13. The second kappa shape index (κ2) is 4.39. The summed E-state index contributed by atoms with van der Waals surface area (Å²) < 4.78 is 21.1. The standard InChI is InChI=1S/C8H6N4O4S/c13-8(14)7-5(17(15)16)1-2-6(11-7)12-4-9-3-10-12/h1-4H,(H,13,14)(H,15,16). The lowest BCUT2D eigenvalue weighted by Gasteiger charge is -2.04. The molecule has 0 saturated heterocycles. The molecular formula is C8H6N4O4S. The summed E-state index contributed by atoms with van der Waals surface area (Å²) in [6.07, 6.45) is 2.60. The van der Waals surface area contributed by atoms with Crippen LogP contribution in [0.5, 0.6) is 0 Å². The molecule has 2 aromatic rings. The van der Waals surface area contributed by atoms with E-state index in [1.165, 1.54) is 29.5 Å². The van der Waals surface area contributed by atoms with Crippen LogP contribution in [0.4, 0.5) is 0 Å². The number of aromatic carboxylic acids is 1. The molecule has 0 amide bonds. The van der Waals surface area contributed by atoms with Crippen molar-refractivity contribution in [2.24, 2.45) is 0 Å². The smallest absolute Gasteiger partial charge is 0.355 e. The number of carbonyl (C=O) groups is 1. The Morgan fingerprint density at radius 2 is 2.18 bits per heavy atom. The maximum atomic E-state index is 10.9. The highest BCUT2D eigenvalue weighted by Gasteiger charge is 2.17. The molecule has 1 atom stereocenters. The Bertz CT molecular complexity index is 583. The highest BCUT2D eigenvalue weighted by molar-refractivity contribution is 7.79. The van der Waals surface area contributed by atoms with Crippen molar-refractivity contribution >= 4 is 17.0 Å². The van der Waals surface area contributed by atoms with Crippen LogP contribution in [0.15, 0.2) is 29.7 Å². The molecule has 0 bridgehead atoms. The number of nitrogens with zero attached hydrogens (tertiary/aromatic N) is 4. The SMILES string of the molecule is O=C(O)c1nc(-n2cncn2)ccc1S(=O)O. The minimum Gasteiger partial charge on any atom is -0.476 e. The number of pyridine rings is 1. The zero-order valence-electron chi connectivity index (χ0n) is 8.22. The van der Waals surface area contributed by atoms with Gasteiger partial charge >= 0.3 is 5.97 Å². The number of carboxylic acids is 1. The van der Waals surface area contributed by atoms with Crippen LogP contribution in [0.3, 0.4) is 0 Å². The maximum Gasteiger partial charge on any atom is 0.355 e. The molecule has 0 aromatic carbocycles. The molecule has 2 aromatic heterocycles. The van der Waals surface area contributed by atoms with Gasteiger partial charge in [-0.25, -0.2) is 23.7 Å². The molecule has 0 radical (unpaired) electrons. The summed E-state index contributed by atoms with van der Waals surface area (Å²) in [7, 11) is 0. The molecule has 2 rings (SSSR count). The quantitative estimate of drug-likeness (QED) is 0.736. The van der Waals surface area contributed by atoms with Gasteiger partial charge in [0.25, 0.3) is 0 Å². The molecule has 0 spiro atoms. The fourth-order valence-electron chi connectivity index (χ4n) is 1.18. The molecule has 17 heavy (non-hydrogen) atoms. The second-order valence-electron chi connectivity index (χ2n) is 2.91. The van der Waals surface area contributed by atoms with Gasteiger partial charge in [0.1, 0.15) is 12.7 Å². The Labute approximate surface area is 97.2 Å². The van der Waals surface area contributed by atoms with Gasteiger partial charge in [-0.05, 0) is 12.1 Å². The van der Waals surface area contributed by atoms with E-state index in [-0.39, 0.29) is 10.7 Å². The van der Waals surface area contributed by atoms with Gasteiger partial charge in [-0.15, -0.1) is 0 Å². The van der Waals surface area contributed by atoms with Crippen LogP contribution in [0.25, 0.3) is 5.82 Å². The van der Waals surface area contributed by atoms with E-state index in [1.54, 1.807) is 0 Å². The van der Waals surface area contributed by atoms with E-state index in [2.05, 4.69) is 15.1 Å². The molecule has 88 valence electrons. The van der Waals surface area contributed by atoms with Gasteiger partial charge in [0, 0.05) is 0 Å². The summed E-state index contributed by atoms with van der Waals surface area (Å²) in [5, 5.41) is 12.7. The summed E-state index contributed by atoms with van der Waals surface area (Å²) in [6, 6.07) is 2.59. The van der Waals surface area contributed by atoms with E-state index in [1.807, 2.05) is 0 Å². The van der Waals surface area contributed by atoms with Gasteiger partial charge in [0.2, 0.25) is 0 Å². The topological polar surface area (TPSA) is 118 Å². The highest BCUT2D eigenvalue weighted by Crippen LogP contribution is 2.13. The van der Waals surface area contributed by atoms with E-state index >= 15 is 0 Å². The minimum atomic E-state index is -2.40. The van der Waals surface area contributed by atoms with Gasteiger partial charge in [-0.1, -0.05) is 0 Å². The first-order valence-corrected chi connectivity index (χ1v) is 5.40. The molecule has 2 N–H and O–H groups in total. The molecule has 0 saturated carbocycles. The van der Waals surface area contributed by atoms with Gasteiger partial charge in [-0.3, -0.25) is 0 Å². The molecule has 0 aliphatic rings. The Balaban J connectivity index is 2.57. The molecule has 9 heteroatoms. The summed E-state index contributed by atoms with van der Waals surface area (Å²) in [6.45, 7) is 0. The second-order valence-corrected chi connectivity index (χ2v) is 3.85. The normalized spacial score (nSPS) is 12.3. The van der Waals surface area contributed by atoms with Crippen LogP contribution in [0, 0.1) is 0 Å². The number of hydrogen-bond acceptors (Lipinski definition) is 5. The van der Waals surface area contributed by atoms with Crippen molar-refractivity contribution in [1.82, 2.24) is 19.7 Å². The Morgan fingerprint density at radius 3 is 2.71 bits per heavy atom. The fourth-order valence-corrected chi connectivity index (χ4v) is 1.67. The summed E-state index contributed by atoms with van der Waals surface area (Å²) in [4.78, 5) is 18.1. The first kappa shape index (κ1) is 11.4. The third-order valence-corrected chi connectivity index (χ3v) is 2.59. The number of hydrogen-bond donors (Lipinski definition) is 2. The van der Waals surface area contributed by atoms with Crippen molar-refractivity contribution in [2.45, 2.75) is 4.90 Å². The Kier molecular flexibility index (Phi) is 2.93. The third kappa shape index (κ3) is 2.19. The van der Waals surface area contributed by atoms with E-state index in [4.69, 9.17) is 9.66 Å². The lowest BCUT2D eigenvalue weighted by Crippen LogP contribution is -2.10. The zero-order valence-corrected chi connectivity index (χ0v) is 9.03. The van der Waals surface area contributed by atoms with E-state index < -0.39 is 22.7 Å². The van der Waals surface area contributed by atoms with Crippen molar-refractivity contribution in [3.8, 4) is 5.82 Å². The van der Waals surface area contributed by atoms with Crippen molar-refractivity contribution in [3.05, 3.63) is 30.5 Å². The predicted molar refractivity (Wildman–Crippen MR) is 55.2 cm³/mol. The van der Waals surface area contributed by atoms with Crippen molar-refractivity contribution < 1.29 is 18.7 Å². The summed E-state index contributed by atoms with van der Waals surface area (Å²) >= 11 is -2.40. The summed E-state index contributed by atoms with van der Waals surface area (Å²) in [5.74, 6) is -1.18. The lowest BCUT2D eigenvalue weighted by molar-refractivity contribution is 0.0685. The van der Waals surface area contributed by atoms with E-state index in [0.717, 1.165) is 0 Å². The van der Waals surface area contributed by atoms with Crippen LogP contribution in [-0.2, 0) is 11.1 Å². The molecular weight excluding hydrogens is 248 g/mol. The molecule has 2 heterocycles. The lowest BCUT2D eigenvalue weighted by atomic mass is 10.3. The molecule has 0 aliphatic carbocycles. The number of aromatic nitrogens is 4. The van der Waals surface area contributed by atoms with Crippen LogP contribution >= 0.6 is 0 Å². The molecule has 0 aliphatic heterocycles. The van der Waals surface area contributed by atoms with Gasteiger partial charge in [0.15, 0.2) is 22.6 Å². The van der Waals surface area contributed by atoms with Gasteiger partial charge in [-0.2, -0.15) is 5.10 Å². The van der Waals surface area contributed by atoms with Crippen molar-refractivity contribution in [3.63, 3.8) is 0 Å². The predicted octanol–water partition coefficient (Wildman–Crippen LogP) is -0.0589. The van der Waals surface area contributed by atoms with E-state index in [9.17, 15) is 9.00 Å². The van der Waals surface area contributed by atoms with E-state index in [0.29, 0.717) is 0 Å². The molecule has 1 unspecified atom stereocenters. The average molecular weight is 254 g/mol. The van der Waals surface area contributed by atoms with Gasteiger partial charge < -0.3 is 9.66 Å². The van der Waals surface area contributed by atoms with Crippen LogP contribution in [0.2, 0.25) is 0 Å². The van der Waals surface area contributed by atoms with Crippen LogP contribution in [0.1, 0.15) is 10.5 Å². The third-order valence-electron chi connectivity index (χ3n) is 1.89. The first-order valence-electron chi connectivity index (χ1n) is 4.30. The maximum absolute atomic E-state index is 10.9. The highest BCUT2D eigenvalue weighted by atomic mass is 32.2. The summed E-state index contributed by atoms with van der Waals surface area (Å²) in [5.41, 5.74) is -0.487. The van der Waals surface area contributed by atoms with Gasteiger partial charge in [0.05, 0.1) is 4.90 Å². The van der Waals surface area contributed by atoms with Crippen molar-refractivity contribution in [1.29, 1.82) is 0 Å². The minimum absolute atomic E-state index is 0.203. The molecule has 0 fully saturated rings. The monoisotopic (exact) mass is 254 g/mol. The zero-order chi connectivity index (χ0) is 12.4. The van der Waals surface area contributed by atoms with Crippen LogP contribution in [-0.4, -0.2) is 39.6 Å². The largest absolute Gasteiger partial charge is 0.476 e. The van der Waals surface area contributed by atoms with Crippen molar-refractivity contribution in [2.75, 3.05) is 0 Å². The molecule has 8 nitrogen and oxygen atoms in total. The average Bonchev–Trinajstić information content (AvgIpc) is 2.81. The Morgan fingerprint density at radius 1 is 1.41 bits per heavy atom. The van der Waals surface area contributed by atoms with Crippen LogP contribution < -0.4 is 0 Å². The number of carboxylic acid groups (broad SMARTS) is 1. The first-order chi connectivity index (χ1) is 8.09.